The number of nitrogens with zero attached hydrogens (tertiary/aromatic N) is 1. The van der Waals surface area contributed by atoms with Gasteiger partial charge in [-0.25, -0.2) is 4.39 Å². The number of para-hydroxylation sites is 1. The summed E-state index contributed by atoms with van der Waals surface area (Å²) in [6.45, 7) is 0.699. The fourth-order valence-corrected chi connectivity index (χ4v) is 2.81. The minimum atomic E-state index is -1.10. The zero-order valence-electron chi connectivity index (χ0n) is 11.4. The Kier molecular flexibility index (Phi) is 3.61. The number of fused-ring (bicyclic) bond motifs is 1. The van der Waals surface area contributed by atoms with Crippen LogP contribution in [0.1, 0.15) is 5.56 Å². The molecule has 2 aliphatic heterocycles. The molecule has 2 aliphatic rings. The molecule has 0 aliphatic carbocycles. The Labute approximate surface area is 117 Å². The number of amides is 1. The minimum Gasteiger partial charge on any atom is -0.492 e. The average Bonchev–Trinajstić information content (AvgIpc) is 2.91. The van der Waals surface area contributed by atoms with Gasteiger partial charge in [-0.15, -0.1) is 0 Å². The second kappa shape index (κ2) is 5.40. The van der Waals surface area contributed by atoms with Crippen molar-refractivity contribution in [2.24, 2.45) is 5.92 Å². The second-order valence-corrected chi connectivity index (χ2v) is 5.39. The summed E-state index contributed by atoms with van der Waals surface area (Å²) in [5, 5.41) is 0. The van der Waals surface area contributed by atoms with Gasteiger partial charge >= 0.3 is 0 Å². The van der Waals surface area contributed by atoms with Crippen molar-refractivity contribution in [3.8, 4) is 5.75 Å². The Morgan fingerprint density at radius 2 is 2.10 bits per heavy atom. The van der Waals surface area contributed by atoms with Gasteiger partial charge in [0.2, 0.25) is 5.91 Å². The van der Waals surface area contributed by atoms with Gasteiger partial charge in [-0.1, -0.05) is 18.2 Å². The first kappa shape index (κ1) is 13.4. The van der Waals surface area contributed by atoms with E-state index in [1.54, 1.807) is 7.05 Å². The number of carbonyl (C=O) groups excluding carboxylic acids is 1. The van der Waals surface area contributed by atoms with Gasteiger partial charge in [-0.3, -0.25) is 4.79 Å². The van der Waals surface area contributed by atoms with Gasteiger partial charge < -0.3 is 14.4 Å². The number of alkyl halides is 1. The van der Waals surface area contributed by atoms with E-state index < -0.39 is 12.2 Å². The smallest absolute Gasteiger partial charge is 0.229 e. The van der Waals surface area contributed by atoms with Crippen LogP contribution in [0, 0.1) is 5.92 Å². The molecule has 3 atom stereocenters. The van der Waals surface area contributed by atoms with Crippen LogP contribution < -0.4 is 4.74 Å². The molecule has 1 saturated heterocycles. The summed E-state index contributed by atoms with van der Waals surface area (Å²) < 4.78 is 24.4. The molecule has 0 spiro atoms. The lowest BCUT2D eigenvalue weighted by atomic mass is 9.95. The Bertz CT molecular complexity index is 508. The summed E-state index contributed by atoms with van der Waals surface area (Å²) in [6.07, 6.45) is -0.454. The summed E-state index contributed by atoms with van der Waals surface area (Å²) in [5.74, 6) is 0.520. The molecule has 0 saturated carbocycles. The highest BCUT2D eigenvalue weighted by Crippen LogP contribution is 2.28. The van der Waals surface area contributed by atoms with E-state index in [-0.39, 0.29) is 25.0 Å². The van der Waals surface area contributed by atoms with Crippen LogP contribution in [0.4, 0.5) is 4.39 Å². The Morgan fingerprint density at radius 1 is 1.30 bits per heavy atom. The molecule has 1 aromatic rings. The number of likely N-dealkylation sites (N-methyl/N-ethyl adjacent to an activating group) is 1. The Hall–Kier alpha value is -1.62. The van der Waals surface area contributed by atoms with Gasteiger partial charge in [-0.05, 0) is 18.1 Å². The normalized spacial score (nSPS) is 28.6. The maximum absolute atomic E-state index is 13.7. The fourth-order valence-electron chi connectivity index (χ4n) is 2.81. The van der Waals surface area contributed by atoms with Crippen molar-refractivity contribution in [3.05, 3.63) is 29.8 Å². The van der Waals surface area contributed by atoms with Crippen molar-refractivity contribution in [1.82, 2.24) is 4.90 Å². The van der Waals surface area contributed by atoms with E-state index in [0.29, 0.717) is 13.0 Å². The predicted octanol–water partition coefficient (Wildman–Crippen LogP) is 1.43. The van der Waals surface area contributed by atoms with Crippen molar-refractivity contribution in [2.75, 3.05) is 26.9 Å². The molecule has 0 N–H and O–H groups in total. The SMILES string of the molecule is CN(C(=O)C1COc2ccccc2C1)[C@@H]1COC[C@H]1F. The van der Waals surface area contributed by atoms with E-state index in [1.165, 1.54) is 4.90 Å². The van der Waals surface area contributed by atoms with E-state index in [0.717, 1.165) is 11.3 Å². The predicted molar refractivity (Wildman–Crippen MR) is 71.4 cm³/mol. The maximum atomic E-state index is 13.7. The van der Waals surface area contributed by atoms with Crippen molar-refractivity contribution in [1.29, 1.82) is 0 Å². The summed E-state index contributed by atoms with van der Waals surface area (Å²) in [7, 11) is 1.65. The van der Waals surface area contributed by atoms with Crippen molar-refractivity contribution in [3.63, 3.8) is 0 Å². The third-order valence-corrected chi connectivity index (χ3v) is 4.06. The van der Waals surface area contributed by atoms with Crippen LogP contribution in [0.3, 0.4) is 0 Å². The molecule has 20 heavy (non-hydrogen) atoms. The molecular formula is C15H18FNO3. The average molecular weight is 279 g/mol. The van der Waals surface area contributed by atoms with Gasteiger partial charge in [0.15, 0.2) is 0 Å². The van der Waals surface area contributed by atoms with E-state index in [4.69, 9.17) is 9.47 Å². The molecule has 5 heteroatoms. The monoisotopic (exact) mass is 279 g/mol. The molecule has 0 radical (unpaired) electrons. The third kappa shape index (κ3) is 2.38. The first-order valence-corrected chi connectivity index (χ1v) is 6.86. The maximum Gasteiger partial charge on any atom is 0.229 e. The second-order valence-electron chi connectivity index (χ2n) is 5.39. The van der Waals surface area contributed by atoms with E-state index in [2.05, 4.69) is 0 Å². The standard InChI is InChI=1S/C15H18FNO3/c1-17(13-9-19-8-12(13)16)15(18)11-6-10-4-2-3-5-14(10)20-7-11/h2-5,11-13H,6-9H2,1H3/t11?,12-,13-/m1/s1. The highest BCUT2D eigenvalue weighted by Gasteiger charge is 2.37. The highest BCUT2D eigenvalue weighted by atomic mass is 19.1. The molecule has 0 bridgehead atoms. The zero-order valence-corrected chi connectivity index (χ0v) is 11.4. The molecule has 4 nitrogen and oxygen atoms in total. The molecule has 1 aromatic carbocycles. The summed E-state index contributed by atoms with van der Waals surface area (Å²) in [6, 6.07) is 7.24. The molecule has 2 heterocycles. The van der Waals surface area contributed by atoms with Crippen LogP contribution in [-0.2, 0) is 16.0 Å². The van der Waals surface area contributed by atoms with Gasteiger partial charge in [0.1, 0.15) is 18.5 Å². The summed E-state index contributed by atoms with van der Waals surface area (Å²) in [5.41, 5.74) is 1.03. The third-order valence-electron chi connectivity index (χ3n) is 4.06. The molecule has 108 valence electrons. The molecule has 1 unspecified atom stereocenters. The molecular weight excluding hydrogens is 261 g/mol. The van der Waals surface area contributed by atoms with Crippen LogP contribution in [0.5, 0.6) is 5.75 Å². The molecule has 1 fully saturated rings. The number of halogens is 1. The highest BCUT2D eigenvalue weighted by molar-refractivity contribution is 5.80. The van der Waals surface area contributed by atoms with Crippen LogP contribution in [0.25, 0.3) is 0 Å². The van der Waals surface area contributed by atoms with Gasteiger partial charge in [0.25, 0.3) is 0 Å². The number of benzene rings is 1. The molecule has 3 rings (SSSR count). The lowest BCUT2D eigenvalue weighted by molar-refractivity contribution is -0.138. The topological polar surface area (TPSA) is 38.8 Å². The quantitative estimate of drug-likeness (QED) is 0.822. The van der Waals surface area contributed by atoms with E-state index in [9.17, 15) is 9.18 Å². The number of carbonyl (C=O) groups is 1. The molecule has 0 aromatic heterocycles. The lowest BCUT2D eigenvalue weighted by Gasteiger charge is -2.31. The number of hydrogen-bond acceptors (Lipinski definition) is 3. The minimum absolute atomic E-state index is 0.0716. The summed E-state index contributed by atoms with van der Waals surface area (Å²) >= 11 is 0. The van der Waals surface area contributed by atoms with Crippen LogP contribution in [0.2, 0.25) is 0 Å². The Morgan fingerprint density at radius 3 is 2.85 bits per heavy atom. The summed E-state index contributed by atoms with van der Waals surface area (Å²) in [4.78, 5) is 13.9. The van der Waals surface area contributed by atoms with Gasteiger partial charge in [-0.2, -0.15) is 0 Å². The van der Waals surface area contributed by atoms with Crippen LogP contribution >= 0.6 is 0 Å². The number of ether oxygens (including phenoxy) is 2. The van der Waals surface area contributed by atoms with Crippen molar-refractivity contribution >= 4 is 5.91 Å². The van der Waals surface area contributed by atoms with Crippen molar-refractivity contribution in [2.45, 2.75) is 18.6 Å². The zero-order chi connectivity index (χ0) is 14.1. The van der Waals surface area contributed by atoms with Crippen molar-refractivity contribution < 1.29 is 18.7 Å². The first-order chi connectivity index (χ1) is 9.66. The largest absolute Gasteiger partial charge is 0.492 e. The van der Waals surface area contributed by atoms with Gasteiger partial charge in [0, 0.05) is 7.05 Å². The number of rotatable bonds is 2. The number of hydrogen-bond donors (Lipinski definition) is 0. The lowest BCUT2D eigenvalue weighted by Crippen LogP contribution is -2.47. The Balaban J connectivity index is 1.69. The van der Waals surface area contributed by atoms with Gasteiger partial charge in [0.05, 0.1) is 25.2 Å². The van der Waals surface area contributed by atoms with E-state index in [1.807, 2.05) is 24.3 Å². The first-order valence-electron chi connectivity index (χ1n) is 6.86. The van der Waals surface area contributed by atoms with E-state index >= 15 is 0 Å². The fraction of sp³-hybridized carbons (Fsp3) is 0.533. The van der Waals surface area contributed by atoms with Crippen LogP contribution in [-0.4, -0.2) is 49.9 Å². The van der Waals surface area contributed by atoms with Crippen LogP contribution in [0.15, 0.2) is 24.3 Å². The molecule has 1 amide bonds.